The lowest BCUT2D eigenvalue weighted by molar-refractivity contribution is -0.128. The van der Waals surface area contributed by atoms with Gasteiger partial charge in [0.2, 0.25) is 11.9 Å². The van der Waals surface area contributed by atoms with E-state index in [0.29, 0.717) is 19.5 Å². The van der Waals surface area contributed by atoms with Gasteiger partial charge < -0.3 is 9.80 Å². The quantitative estimate of drug-likeness (QED) is 0.767. The molecule has 1 aliphatic heterocycles. The fourth-order valence-electron chi connectivity index (χ4n) is 3.45. The van der Waals surface area contributed by atoms with Crippen LogP contribution in [0, 0.1) is 5.92 Å². The lowest BCUT2D eigenvalue weighted by Crippen LogP contribution is -2.26. The maximum atomic E-state index is 11.9. The van der Waals surface area contributed by atoms with E-state index in [1.165, 1.54) is 18.4 Å². The molecule has 25 heavy (non-hydrogen) atoms. The predicted octanol–water partition coefficient (Wildman–Crippen LogP) is 1.69. The summed E-state index contributed by atoms with van der Waals surface area (Å²) in [5.41, 5.74) is 2.33. The molecule has 2 heterocycles. The van der Waals surface area contributed by atoms with Gasteiger partial charge in [-0.3, -0.25) is 4.79 Å². The Morgan fingerprint density at radius 3 is 2.64 bits per heavy atom. The van der Waals surface area contributed by atoms with E-state index in [1.807, 2.05) is 21.7 Å². The number of carbonyl (C=O) groups excluding carboxylic acids is 1. The highest BCUT2D eigenvalue weighted by atomic mass is 16.2. The van der Waals surface area contributed by atoms with Crippen LogP contribution in [0.25, 0.3) is 0 Å². The first kappa shape index (κ1) is 16.1. The van der Waals surface area contributed by atoms with Crippen molar-refractivity contribution in [2.24, 2.45) is 5.92 Å². The number of nitrogens with zero attached hydrogens (tertiary/aromatic N) is 6. The first-order valence-corrected chi connectivity index (χ1v) is 9.02. The minimum atomic E-state index is 0.252. The summed E-state index contributed by atoms with van der Waals surface area (Å²) >= 11 is 0. The largest absolute Gasteiger partial charge is 0.342 e. The second-order valence-corrected chi connectivity index (χ2v) is 7.15. The Bertz CT molecular complexity index is 754. The Hall–Kier alpha value is -2.44. The minimum absolute atomic E-state index is 0.252. The van der Waals surface area contributed by atoms with Gasteiger partial charge in [-0.2, -0.15) is 0 Å². The zero-order valence-corrected chi connectivity index (χ0v) is 14.6. The molecule has 2 aromatic rings. The monoisotopic (exact) mass is 340 g/mol. The van der Waals surface area contributed by atoms with Crippen LogP contribution in [0.15, 0.2) is 24.3 Å². The molecule has 0 N–H and O–H groups in total. The molecule has 7 nitrogen and oxygen atoms in total. The number of tetrazole rings is 1. The van der Waals surface area contributed by atoms with Crippen molar-refractivity contribution in [3.8, 4) is 0 Å². The third-order valence-electron chi connectivity index (χ3n) is 5.05. The van der Waals surface area contributed by atoms with E-state index in [9.17, 15) is 4.79 Å². The summed E-state index contributed by atoms with van der Waals surface area (Å²) in [4.78, 5) is 16.0. The minimum Gasteiger partial charge on any atom is -0.342 e. The number of benzene rings is 1. The molecule has 2 aliphatic rings. The zero-order chi connectivity index (χ0) is 17.2. The smallest absolute Gasteiger partial charge is 0.245 e. The number of hydrogen-bond donors (Lipinski definition) is 0. The van der Waals surface area contributed by atoms with E-state index < -0.39 is 0 Å². The average Bonchev–Trinajstić information content (AvgIpc) is 3.13. The molecule has 0 bridgehead atoms. The molecule has 1 saturated carbocycles. The van der Waals surface area contributed by atoms with Gasteiger partial charge in [0.1, 0.15) is 0 Å². The summed E-state index contributed by atoms with van der Waals surface area (Å²) in [5, 5.41) is 12.3. The van der Waals surface area contributed by atoms with Crippen molar-refractivity contribution >= 4 is 11.9 Å². The van der Waals surface area contributed by atoms with Crippen molar-refractivity contribution in [2.45, 2.75) is 38.8 Å². The fourth-order valence-corrected chi connectivity index (χ4v) is 3.45. The van der Waals surface area contributed by atoms with E-state index in [4.69, 9.17) is 0 Å². The summed E-state index contributed by atoms with van der Waals surface area (Å²) < 4.78 is 1.85. The van der Waals surface area contributed by atoms with Crippen molar-refractivity contribution in [3.05, 3.63) is 35.4 Å². The molecule has 1 saturated heterocycles. The molecule has 1 amide bonds. The number of anilines is 1. The molecule has 1 aromatic heterocycles. The summed E-state index contributed by atoms with van der Waals surface area (Å²) in [7, 11) is 2.05. The zero-order valence-electron chi connectivity index (χ0n) is 14.6. The van der Waals surface area contributed by atoms with Gasteiger partial charge in [0.05, 0.1) is 6.54 Å². The first-order valence-electron chi connectivity index (χ1n) is 9.02. The Morgan fingerprint density at radius 1 is 1.20 bits per heavy atom. The highest BCUT2D eigenvalue weighted by Gasteiger charge is 2.25. The van der Waals surface area contributed by atoms with Crippen LogP contribution in [0.2, 0.25) is 0 Å². The number of amides is 1. The maximum absolute atomic E-state index is 11.9. The normalized spacial score (nSPS) is 17.3. The Labute approximate surface area is 147 Å². The molecule has 4 rings (SSSR count). The molecule has 0 atom stereocenters. The topological polar surface area (TPSA) is 67.2 Å². The van der Waals surface area contributed by atoms with Crippen molar-refractivity contribution in [3.63, 3.8) is 0 Å². The van der Waals surface area contributed by atoms with Crippen LogP contribution in [-0.2, 0) is 17.9 Å². The Balaban J connectivity index is 1.51. The van der Waals surface area contributed by atoms with E-state index in [-0.39, 0.29) is 5.91 Å². The number of likely N-dealkylation sites (tertiary alicyclic amines) is 1. The van der Waals surface area contributed by atoms with Gasteiger partial charge >= 0.3 is 0 Å². The molecule has 132 valence electrons. The third-order valence-corrected chi connectivity index (χ3v) is 5.05. The average molecular weight is 340 g/mol. The molecular weight excluding hydrogens is 316 g/mol. The van der Waals surface area contributed by atoms with Crippen molar-refractivity contribution in [2.75, 3.05) is 25.0 Å². The standard InChI is InChI=1S/C18H24N6O/c1-22(11-14-8-9-14)18-19-20-21-24(18)13-16-6-3-2-5-15(16)12-23-10-4-7-17(23)25/h2-3,5-6,14H,4,7-13H2,1H3. The molecule has 0 radical (unpaired) electrons. The molecule has 1 aromatic carbocycles. The predicted molar refractivity (Wildman–Crippen MR) is 94.0 cm³/mol. The fraction of sp³-hybridized carbons (Fsp3) is 0.556. The van der Waals surface area contributed by atoms with E-state index >= 15 is 0 Å². The van der Waals surface area contributed by atoms with Crippen molar-refractivity contribution < 1.29 is 4.79 Å². The number of rotatable bonds is 7. The molecule has 1 aliphatic carbocycles. The van der Waals surface area contributed by atoms with Crippen LogP contribution in [0.1, 0.15) is 36.8 Å². The van der Waals surface area contributed by atoms with Gasteiger partial charge in [-0.05, 0) is 46.7 Å². The number of hydrogen-bond acceptors (Lipinski definition) is 5. The van der Waals surface area contributed by atoms with E-state index in [2.05, 4.69) is 39.6 Å². The van der Waals surface area contributed by atoms with Crippen LogP contribution in [0.3, 0.4) is 0 Å². The second kappa shape index (κ2) is 6.82. The lowest BCUT2D eigenvalue weighted by Gasteiger charge is -2.20. The Morgan fingerprint density at radius 2 is 1.96 bits per heavy atom. The SMILES string of the molecule is CN(CC1CC1)c1nnnn1Cc1ccccc1CN1CCCC1=O. The van der Waals surface area contributed by atoms with Crippen LogP contribution in [0.5, 0.6) is 0 Å². The van der Waals surface area contributed by atoms with Gasteiger partial charge in [0.25, 0.3) is 0 Å². The van der Waals surface area contributed by atoms with Gasteiger partial charge in [-0.15, -0.1) is 0 Å². The highest BCUT2D eigenvalue weighted by molar-refractivity contribution is 5.78. The summed E-state index contributed by atoms with van der Waals surface area (Å²) in [5.74, 6) is 1.84. The second-order valence-electron chi connectivity index (χ2n) is 7.15. The molecule has 2 fully saturated rings. The molecule has 7 heteroatoms. The maximum Gasteiger partial charge on any atom is 0.245 e. The van der Waals surface area contributed by atoms with Gasteiger partial charge in [0.15, 0.2) is 0 Å². The number of aromatic nitrogens is 4. The van der Waals surface area contributed by atoms with E-state index in [0.717, 1.165) is 36.9 Å². The molecular formula is C18H24N6O. The van der Waals surface area contributed by atoms with Crippen molar-refractivity contribution in [1.82, 2.24) is 25.1 Å². The van der Waals surface area contributed by atoms with E-state index in [1.54, 1.807) is 0 Å². The first-order chi connectivity index (χ1) is 12.2. The Kier molecular flexibility index (Phi) is 4.38. The van der Waals surface area contributed by atoms with Crippen molar-refractivity contribution in [1.29, 1.82) is 0 Å². The van der Waals surface area contributed by atoms with Crippen LogP contribution < -0.4 is 4.90 Å². The molecule has 0 unspecified atom stereocenters. The van der Waals surface area contributed by atoms with Gasteiger partial charge in [-0.25, -0.2) is 4.68 Å². The highest BCUT2D eigenvalue weighted by Crippen LogP contribution is 2.30. The number of carbonyl (C=O) groups is 1. The summed E-state index contributed by atoms with van der Waals surface area (Å²) in [6.45, 7) is 3.15. The van der Waals surface area contributed by atoms with Crippen LogP contribution in [-0.4, -0.2) is 51.2 Å². The molecule has 0 spiro atoms. The lowest BCUT2D eigenvalue weighted by atomic mass is 10.1. The summed E-state index contributed by atoms with van der Waals surface area (Å²) in [6.07, 6.45) is 4.24. The summed E-state index contributed by atoms with van der Waals surface area (Å²) in [6, 6.07) is 8.25. The van der Waals surface area contributed by atoms with Crippen LogP contribution >= 0.6 is 0 Å². The van der Waals surface area contributed by atoms with Gasteiger partial charge in [0, 0.05) is 33.1 Å². The third kappa shape index (κ3) is 3.65. The van der Waals surface area contributed by atoms with Crippen LogP contribution in [0.4, 0.5) is 5.95 Å². The van der Waals surface area contributed by atoms with Gasteiger partial charge in [-0.1, -0.05) is 29.4 Å².